The molecule has 0 aromatic carbocycles. The third-order valence-electron chi connectivity index (χ3n) is 1.80. The summed E-state index contributed by atoms with van der Waals surface area (Å²) in [5.74, 6) is 0. The van der Waals surface area contributed by atoms with Crippen molar-refractivity contribution in [3.63, 3.8) is 0 Å². The summed E-state index contributed by atoms with van der Waals surface area (Å²) in [6.45, 7) is 5.47. The first-order chi connectivity index (χ1) is 5.75. The molecular formula is C10H13NO. The Hall–Kier alpha value is -1.15. The molecule has 1 heterocycles. The summed E-state index contributed by atoms with van der Waals surface area (Å²) in [4.78, 5) is 4.09. The first kappa shape index (κ1) is 8.94. The van der Waals surface area contributed by atoms with Gasteiger partial charge in [0.15, 0.2) is 0 Å². The molecule has 2 heteroatoms. The molecule has 2 nitrogen and oxygen atoms in total. The van der Waals surface area contributed by atoms with Crippen LogP contribution in [-0.4, -0.2) is 10.1 Å². The van der Waals surface area contributed by atoms with Gasteiger partial charge in [0.2, 0.25) is 0 Å². The minimum Gasteiger partial charge on any atom is -0.388 e. The van der Waals surface area contributed by atoms with Gasteiger partial charge in [0.1, 0.15) is 0 Å². The normalized spacial score (nSPS) is 12.5. The minimum atomic E-state index is -0.462. The SMILES string of the molecule is C=CCC(O)c1cccnc1C. The number of pyridine rings is 1. The van der Waals surface area contributed by atoms with Crippen molar-refractivity contribution in [3.8, 4) is 0 Å². The third-order valence-corrected chi connectivity index (χ3v) is 1.80. The third kappa shape index (κ3) is 1.92. The predicted octanol–water partition coefficient (Wildman–Crippen LogP) is 2.00. The van der Waals surface area contributed by atoms with Gasteiger partial charge in [0.25, 0.3) is 0 Å². The second-order valence-electron chi connectivity index (χ2n) is 2.72. The van der Waals surface area contributed by atoms with Crippen molar-refractivity contribution in [1.29, 1.82) is 0 Å². The maximum absolute atomic E-state index is 9.59. The van der Waals surface area contributed by atoms with Crippen LogP contribution in [0.1, 0.15) is 23.8 Å². The number of aryl methyl sites for hydroxylation is 1. The molecule has 1 rings (SSSR count). The summed E-state index contributed by atoms with van der Waals surface area (Å²) in [5.41, 5.74) is 1.77. The van der Waals surface area contributed by atoms with Gasteiger partial charge in [-0.2, -0.15) is 0 Å². The topological polar surface area (TPSA) is 33.1 Å². The minimum absolute atomic E-state index is 0.462. The Morgan fingerprint density at radius 3 is 3.08 bits per heavy atom. The van der Waals surface area contributed by atoms with Crippen molar-refractivity contribution in [2.75, 3.05) is 0 Å². The summed E-state index contributed by atoms with van der Waals surface area (Å²) in [6, 6.07) is 3.71. The molecule has 0 spiro atoms. The van der Waals surface area contributed by atoms with Crippen molar-refractivity contribution in [1.82, 2.24) is 4.98 Å². The largest absolute Gasteiger partial charge is 0.388 e. The van der Waals surface area contributed by atoms with E-state index in [1.807, 2.05) is 19.1 Å². The number of aliphatic hydroxyl groups is 1. The van der Waals surface area contributed by atoms with Gasteiger partial charge in [-0.05, 0) is 19.4 Å². The fourth-order valence-electron chi connectivity index (χ4n) is 1.13. The molecule has 0 fully saturated rings. The lowest BCUT2D eigenvalue weighted by atomic mass is 10.1. The van der Waals surface area contributed by atoms with E-state index in [1.54, 1.807) is 12.3 Å². The van der Waals surface area contributed by atoms with Crippen molar-refractivity contribution >= 4 is 0 Å². The smallest absolute Gasteiger partial charge is 0.0841 e. The van der Waals surface area contributed by atoms with Crippen LogP contribution in [0.2, 0.25) is 0 Å². The monoisotopic (exact) mass is 163 g/mol. The number of hydrogen-bond donors (Lipinski definition) is 1. The van der Waals surface area contributed by atoms with Gasteiger partial charge in [0.05, 0.1) is 6.10 Å². The molecule has 0 aliphatic rings. The molecular weight excluding hydrogens is 150 g/mol. The van der Waals surface area contributed by atoms with E-state index in [9.17, 15) is 5.11 Å². The van der Waals surface area contributed by atoms with Gasteiger partial charge in [-0.1, -0.05) is 12.1 Å². The van der Waals surface area contributed by atoms with Crippen LogP contribution in [0.25, 0.3) is 0 Å². The van der Waals surface area contributed by atoms with Crippen LogP contribution in [0.5, 0.6) is 0 Å². The highest BCUT2D eigenvalue weighted by molar-refractivity contribution is 5.21. The molecule has 1 aromatic rings. The maximum Gasteiger partial charge on any atom is 0.0841 e. The van der Waals surface area contributed by atoms with E-state index < -0.39 is 6.10 Å². The highest BCUT2D eigenvalue weighted by Crippen LogP contribution is 2.18. The van der Waals surface area contributed by atoms with E-state index in [0.717, 1.165) is 11.3 Å². The molecule has 1 N–H and O–H groups in total. The summed E-state index contributed by atoms with van der Waals surface area (Å²) >= 11 is 0. The number of aliphatic hydroxyl groups excluding tert-OH is 1. The Morgan fingerprint density at radius 1 is 1.75 bits per heavy atom. The van der Waals surface area contributed by atoms with Crippen LogP contribution in [0.4, 0.5) is 0 Å². The Labute approximate surface area is 72.6 Å². The van der Waals surface area contributed by atoms with Crippen LogP contribution >= 0.6 is 0 Å². The number of nitrogens with zero attached hydrogens (tertiary/aromatic N) is 1. The van der Waals surface area contributed by atoms with Crippen LogP contribution in [0.3, 0.4) is 0 Å². The first-order valence-electron chi connectivity index (χ1n) is 3.96. The molecule has 0 saturated carbocycles. The Kier molecular flexibility index (Phi) is 3.00. The molecule has 0 aliphatic carbocycles. The van der Waals surface area contributed by atoms with Crippen molar-refractivity contribution in [3.05, 3.63) is 42.2 Å². The average molecular weight is 163 g/mol. The lowest BCUT2D eigenvalue weighted by Gasteiger charge is -2.09. The second-order valence-corrected chi connectivity index (χ2v) is 2.72. The van der Waals surface area contributed by atoms with Crippen LogP contribution in [0.15, 0.2) is 31.0 Å². The number of rotatable bonds is 3. The lowest BCUT2D eigenvalue weighted by Crippen LogP contribution is -1.99. The van der Waals surface area contributed by atoms with Crippen molar-refractivity contribution in [2.45, 2.75) is 19.4 Å². The van der Waals surface area contributed by atoms with Crippen LogP contribution < -0.4 is 0 Å². The lowest BCUT2D eigenvalue weighted by molar-refractivity contribution is 0.180. The van der Waals surface area contributed by atoms with E-state index in [2.05, 4.69) is 11.6 Å². The zero-order valence-corrected chi connectivity index (χ0v) is 7.20. The van der Waals surface area contributed by atoms with Gasteiger partial charge >= 0.3 is 0 Å². The molecule has 0 radical (unpaired) electrons. The second kappa shape index (κ2) is 4.02. The fourth-order valence-corrected chi connectivity index (χ4v) is 1.13. The summed E-state index contributed by atoms with van der Waals surface area (Å²) < 4.78 is 0. The van der Waals surface area contributed by atoms with E-state index >= 15 is 0 Å². The average Bonchev–Trinajstić information content (AvgIpc) is 2.05. The molecule has 1 aromatic heterocycles. The summed E-state index contributed by atoms with van der Waals surface area (Å²) in [5, 5.41) is 9.59. The van der Waals surface area contributed by atoms with Gasteiger partial charge in [-0.25, -0.2) is 0 Å². The van der Waals surface area contributed by atoms with Gasteiger partial charge in [-0.15, -0.1) is 6.58 Å². The van der Waals surface area contributed by atoms with E-state index in [4.69, 9.17) is 0 Å². The Balaban J connectivity index is 2.86. The van der Waals surface area contributed by atoms with E-state index in [0.29, 0.717) is 6.42 Å². The predicted molar refractivity (Wildman–Crippen MR) is 48.7 cm³/mol. The number of aromatic nitrogens is 1. The molecule has 1 unspecified atom stereocenters. The highest BCUT2D eigenvalue weighted by atomic mass is 16.3. The van der Waals surface area contributed by atoms with Crippen LogP contribution in [0, 0.1) is 6.92 Å². The molecule has 0 aliphatic heterocycles. The zero-order chi connectivity index (χ0) is 8.97. The van der Waals surface area contributed by atoms with Gasteiger partial charge in [-0.3, -0.25) is 4.98 Å². The maximum atomic E-state index is 9.59. The standard InChI is InChI=1S/C10H13NO/c1-3-5-10(12)9-6-4-7-11-8(9)2/h3-4,6-7,10,12H,1,5H2,2H3. The van der Waals surface area contributed by atoms with Crippen molar-refractivity contribution in [2.24, 2.45) is 0 Å². The first-order valence-corrected chi connectivity index (χ1v) is 3.96. The molecule has 0 bridgehead atoms. The van der Waals surface area contributed by atoms with Gasteiger partial charge in [0, 0.05) is 17.5 Å². The Bertz CT molecular complexity index is 270. The molecule has 12 heavy (non-hydrogen) atoms. The summed E-state index contributed by atoms with van der Waals surface area (Å²) in [7, 11) is 0. The number of hydrogen-bond acceptors (Lipinski definition) is 2. The molecule has 0 amide bonds. The van der Waals surface area contributed by atoms with E-state index in [1.165, 1.54) is 0 Å². The molecule has 0 saturated heterocycles. The zero-order valence-electron chi connectivity index (χ0n) is 7.20. The molecule has 1 atom stereocenters. The Morgan fingerprint density at radius 2 is 2.50 bits per heavy atom. The molecule has 64 valence electrons. The highest BCUT2D eigenvalue weighted by Gasteiger charge is 2.07. The summed E-state index contributed by atoms with van der Waals surface area (Å²) in [6.07, 6.45) is 3.54. The fraction of sp³-hybridized carbons (Fsp3) is 0.300. The van der Waals surface area contributed by atoms with Gasteiger partial charge < -0.3 is 5.11 Å². The van der Waals surface area contributed by atoms with Crippen molar-refractivity contribution < 1.29 is 5.11 Å². The van der Waals surface area contributed by atoms with E-state index in [-0.39, 0.29) is 0 Å². The quantitative estimate of drug-likeness (QED) is 0.691. The van der Waals surface area contributed by atoms with Crippen LogP contribution in [-0.2, 0) is 0 Å².